The fraction of sp³-hybridized carbons (Fsp3) is 0.647. The van der Waals surface area contributed by atoms with E-state index in [0.29, 0.717) is 6.04 Å². The molecule has 0 saturated heterocycles. The molecule has 0 aliphatic heterocycles. The van der Waals surface area contributed by atoms with Crippen molar-refractivity contribution in [2.24, 2.45) is 0 Å². The van der Waals surface area contributed by atoms with Crippen LogP contribution in [0.3, 0.4) is 0 Å². The predicted octanol–water partition coefficient (Wildman–Crippen LogP) is 3.99. The molecule has 1 aromatic rings. The number of hydrogen-bond acceptors (Lipinski definition) is 3. The number of benzene rings is 1. The molecule has 20 heavy (non-hydrogen) atoms. The third-order valence-corrected chi connectivity index (χ3v) is 3.53. The van der Waals surface area contributed by atoms with Crippen molar-refractivity contribution in [1.29, 1.82) is 0 Å². The second-order valence-corrected chi connectivity index (χ2v) is 5.16. The summed E-state index contributed by atoms with van der Waals surface area (Å²) in [5.74, 6) is 0.980. The van der Waals surface area contributed by atoms with Crippen LogP contribution in [0.1, 0.15) is 52.1 Å². The van der Waals surface area contributed by atoms with Crippen molar-refractivity contribution in [3.05, 3.63) is 23.8 Å². The molecule has 0 aliphatic carbocycles. The van der Waals surface area contributed by atoms with Crippen molar-refractivity contribution >= 4 is 5.69 Å². The van der Waals surface area contributed by atoms with Crippen molar-refractivity contribution < 1.29 is 4.74 Å². The normalized spacial score (nSPS) is 12.2. The fourth-order valence-electron chi connectivity index (χ4n) is 2.72. The summed E-state index contributed by atoms with van der Waals surface area (Å²) in [7, 11) is 1.76. The number of nitrogens with zero attached hydrogens (tertiary/aromatic N) is 1. The molecule has 0 fully saturated rings. The van der Waals surface area contributed by atoms with E-state index in [-0.39, 0.29) is 0 Å². The Labute approximate surface area is 124 Å². The molecular weight excluding hydrogens is 248 g/mol. The Morgan fingerprint density at radius 1 is 1.15 bits per heavy atom. The maximum absolute atomic E-state index is 5.59. The first-order valence-electron chi connectivity index (χ1n) is 7.84. The van der Waals surface area contributed by atoms with Crippen LogP contribution in [0.4, 0.5) is 5.69 Å². The summed E-state index contributed by atoms with van der Waals surface area (Å²) in [6.07, 6.45) is 2.32. The Morgan fingerprint density at radius 2 is 1.80 bits per heavy atom. The summed E-state index contributed by atoms with van der Waals surface area (Å²) in [4.78, 5) is 2.48. The molecule has 0 saturated carbocycles. The summed E-state index contributed by atoms with van der Waals surface area (Å²) in [6.45, 7) is 12.0. The molecule has 0 heterocycles. The zero-order chi connectivity index (χ0) is 15.0. The Hall–Kier alpha value is -1.22. The Balaban J connectivity index is 3.21. The van der Waals surface area contributed by atoms with Crippen LogP contribution in [-0.4, -0.2) is 26.7 Å². The standard InChI is InChI=1S/C17H30N2O/c1-6-12-19(13-7-2)15-10-9-11-16(20-5)17(15)14(4)18-8-3/h9-11,14,18H,6-8,12-13H2,1-5H3. The van der Waals surface area contributed by atoms with Crippen molar-refractivity contribution in [3.63, 3.8) is 0 Å². The molecule has 0 radical (unpaired) electrons. The molecule has 114 valence electrons. The van der Waals surface area contributed by atoms with Gasteiger partial charge in [-0.1, -0.05) is 26.8 Å². The first kappa shape index (κ1) is 16.8. The third kappa shape index (κ3) is 4.14. The number of hydrogen-bond donors (Lipinski definition) is 1. The smallest absolute Gasteiger partial charge is 0.125 e. The zero-order valence-electron chi connectivity index (χ0n) is 13.7. The molecule has 0 spiro atoms. The van der Waals surface area contributed by atoms with E-state index in [0.717, 1.165) is 38.2 Å². The fourth-order valence-corrected chi connectivity index (χ4v) is 2.72. The van der Waals surface area contributed by atoms with Crippen molar-refractivity contribution in [2.75, 3.05) is 31.6 Å². The molecule has 0 aliphatic rings. The zero-order valence-corrected chi connectivity index (χ0v) is 13.7. The highest BCUT2D eigenvalue weighted by Gasteiger charge is 2.18. The van der Waals surface area contributed by atoms with Crippen LogP contribution >= 0.6 is 0 Å². The Morgan fingerprint density at radius 3 is 2.30 bits per heavy atom. The maximum Gasteiger partial charge on any atom is 0.125 e. The first-order valence-corrected chi connectivity index (χ1v) is 7.84. The molecule has 0 bridgehead atoms. The summed E-state index contributed by atoms with van der Waals surface area (Å²) in [6, 6.07) is 6.66. The van der Waals surface area contributed by atoms with Crippen LogP contribution in [0.15, 0.2) is 18.2 Å². The van der Waals surface area contributed by atoms with Crippen LogP contribution < -0.4 is 15.0 Å². The van der Waals surface area contributed by atoms with Crippen LogP contribution in [0, 0.1) is 0 Å². The average Bonchev–Trinajstić information content (AvgIpc) is 2.46. The predicted molar refractivity (Wildman–Crippen MR) is 87.9 cm³/mol. The van der Waals surface area contributed by atoms with Gasteiger partial charge in [0.1, 0.15) is 5.75 Å². The minimum absolute atomic E-state index is 0.294. The molecule has 3 heteroatoms. The summed E-state index contributed by atoms with van der Waals surface area (Å²) >= 11 is 0. The third-order valence-electron chi connectivity index (χ3n) is 3.53. The Bertz CT molecular complexity index is 387. The molecule has 1 N–H and O–H groups in total. The van der Waals surface area contributed by atoms with E-state index in [9.17, 15) is 0 Å². The van der Waals surface area contributed by atoms with Gasteiger partial charge in [-0.05, 0) is 38.4 Å². The molecule has 1 aromatic carbocycles. The molecule has 3 nitrogen and oxygen atoms in total. The summed E-state index contributed by atoms with van der Waals surface area (Å²) < 4.78 is 5.59. The second-order valence-electron chi connectivity index (χ2n) is 5.16. The van der Waals surface area contributed by atoms with E-state index >= 15 is 0 Å². The van der Waals surface area contributed by atoms with E-state index in [4.69, 9.17) is 4.74 Å². The van der Waals surface area contributed by atoms with E-state index in [1.807, 2.05) is 0 Å². The summed E-state index contributed by atoms with van der Waals surface area (Å²) in [5.41, 5.74) is 2.58. The molecule has 1 atom stereocenters. The van der Waals surface area contributed by atoms with E-state index in [2.05, 4.69) is 56.1 Å². The first-order chi connectivity index (χ1) is 9.69. The summed E-state index contributed by atoms with van der Waals surface area (Å²) in [5, 5.41) is 3.51. The number of anilines is 1. The van der Waals surface area contributed by atoms with Crippen molar-refractivity contribution in [2.45, 2.75) is 46.6 Å². The maximum atomic E-state index is 5.59. The minimum atomic E-state index is 0.294. The lowest BCUT2D eigenvalue weighted by atomic mass is 10.0. The largest absolute Gasteiger partial charge is 0.496 e. The van der Waals surface area contributed by atoms with E-state index in [1.165, 1.54) is 11.3 Å². The van der Waals surface area contributed by atoms with Gasteiger partial charge in [-0.25, -0.2) is 0 Å². The van der Waals surface area contributed by atoms with Gasteiger partial charge >= 0.3 is 0 Å². The number of ether oxygens (including phenoxy) is 1. The van der Waals surface area contributed by atoms with E-state index < -0.39 is 0 Å². The lowest BCUT2D eigenvalue weighted by Gasteiger charge is -2.29. The highest BCUT2D eigenvalue weighted by atomic mass is 16.5. The molecular formula is C17H30N2O. The van der Waals surface area contributed by atoms with E-state index in [1.54, 1.807) is 7.11 Å². The number of nitrogens with one attached hydrogen (secondary N) is 1. The van der Waals surface area contributed by atoms with Gasteiger partial charge in [0.25, 0.3) is 0 Å². The van der Waals surface area contributed by atoms with Gasteiger partial charge in [0.05, 0.1) is 7.11 Å². The minimum Gasteiger partial charge on any atom is -0.496 e. The van der Waals surface area contributed by atoms with Gasteiger partial charge in [0, 0.05) is 30.4 Å². The average molecular weight is 278 g/mol. The van der Waals surface area contributed by atoms with Crippen LogP contribution in [0.25, 0.3) is 0 Å². The SMILES string of the molecule is CCCN(CCC)c1cccc(OC)c1C(C)NCC. The van der Waals surface area contributed by atoms with Crippen LogP contribution in [-0.2, 0) is 0 Å². The van der Waals surface area contributed by atoms with Gasteiger partial charge in [0.2, 0.25) is 0 Å². The van der Waals surface area contributed by atoms with Gasteiger partial charge in [-0.15, -0.1) is 0 Å². The van der Waals surface area contributed by atoms with Gasteiger partial charge in [-0.2, -0.15) is 0 Å². The van der Waals surface area contributed by atoms with Crippen molar-refractivity contribution in [3.8, 4) is 5.75 Å². The van der Waals surface area contributed by atoms with Gasteiger partial charge in [-0.3, -0.25) is 0 Å². The quantitative estimate of drug-likeness (QED) is 0.739. The lowest BCUT2D eigenvalue weighted by molar-refractivity contribution is 0.402. The van der Waals surface area contributed by atoms with Crippen LogP contribution in [0.5, 0.6) is 5.75 Å². The van der Waals surface area contributed by atoms with Gasteiger partial charge in [0.15, 0.2) is 0 Å². The highest BCUT2D eigenvalue weighted by molar-refractivity contribution is 5.60. The molecule has 1 unspecified atom stereocenters. The second kappa shape index (κ2) is 8.85. The molecule has 0 amide bonds. The Kier molecular flexibility index (Phi) is 7.45. The van der Waals surface area contributed by atoms with Crippen molar-refractivity contribution in [1.82, 2.24) is 5.32 Å². The number of methoxy groups -OCH3 is 1. The van der Waals surface area contributed by atoms with Gasteiger partial charge < -0.3 is 15.0 Å². The lowest BCUT2D eigenvalue weighted by Crippen LogP contribution is -2.28. The molecule has 0 aromatic heterocycles. The van der Waals surface area contributed by atoms with Crippen LogP contribution in [0.2, 0.25) is 0 Å². The topological polar surface area (TPSA) is 24.5 Å². The molecule has 1 rings (SSSR count). The monoisotopic (exact) mass is 278 g/mol. The number of rotatable bonds is 9. The highest BCUT2D eigenvalue weighted by Crippen LogP contribution is 2.34.